The van der Waals surface area contributed by atoms with E-state index in [1.165, 1.54) is 6.92 Å². The lowest BCUT2D eigenvalue weighted by Crippen LogP contribution is -2.66. The first-order valence-electron chi connectivity index (χ1n) is 9.95. The number of halogens is 1. The quantitative estimate of drug-likeness (QED) is 0.279. The number of thiocarbonyl (C=S) groups is 1. The van der Waals surface area contributed by atoms with Gasteiger partial charge >= 0.3 is 23.9 Å². The van der Waals surface area contributed by atoms with E-state index in [1.807, 2.05) is 0 Å². The van der Waals surface area contributed by atoms with Crippen molar-refractivity contribution in [3.63, 3.8) is 0 Å². The van der Waals surface area contributed by atoms with Crippen molar-refractivity contribution in [3.05, 3.63) is 22.8 Å². The Labute approximate surface area is 209 Å². The van der Waals surface area contributed by atoms with E-state index in [2.05, 4.69) is 31.5 Å². The number of aromatic nitrogens is 1. The molecule has 2 rings (SSSR count). The summed E-state index contributed by atoms with van der Waals surface area (Å²) in [5, 5.41) is 5.71. The molecule has 1 aromatic rings. The smallest absolute Gasteiger partial charge is 0.303 e. The van der Waals surface area contributed by atoms with E-state index in [-0.39, 0.29) is 11.7 Å². The third-order valence-electron chi connectivity index (χ3n) is 4.23. The van der Waals surface area contributed by atoms with Crippen LogP contribution in [0.1, 0.15) is 27.7 Å². The highest BCUT2D eigenvalue weighted by atomic mass is 79.9. The van der Waals surface area contributed by atoms with Crippen LogP contribution in [-0.2, 0) is 42.9 Å². The number of ether oxygens (including phenoxy) is 5. The van der Waals surface area contributed by atoms with Crippen LogP contribution in [0.4, 0.5) is 5.82 Å². The predicted octanol–water partition coefficient (Wildman–Crippen LogP) is 1.21. The van der Waals surface area contributed by atoms with Gasteiger partial charge in [-0.05, 0) is 40.3 Å². The Hall–Kier alpha value is -2.84. The molecule has 0 amide bonds. The van der Waals surface area contributed by atoms with Crippen LogP contribution in [0.5, 0.6) is 0 Å². The number of nitrogens with one attached hydrogen (secondary N) is 2. The van der Waals surface area contributed by atoms with Crippen LogP contribution in [-0.4, -0.2) is 71.2 Å². The first-order valence-corrected chi connectivity index (χ1v) is 11.2. The number of anilines is 1. The third-order valence-corrected chi connectivity index (χ3v) is 4.92. The normalized spacial score (nSPS) is 23.7. The van der Waals surface area contributed by atoms with Crippen LogP contribution in [0.25, 0.3) is 0 Å². The molecule has 186 valence electrons. The second kappa shape index (κ2) is 12.6. The fourth-order valence-corrected chi connectivity index (χ4v) is 3.53. The molecular formula is C20H24BrN3O9S. The summed E-state index contributed by atoms with van der Waals surface area (Å²) in [5.41, 5.74) is 0. The molecule has 0 aliphatic carbocycles. The maximum atomic E-state index is 11.8. The van der Waals surface area contributed by atoms with Gasteiger partial charge in [0.25, 0.3) is 0 Å². The summed E-state index contributed by atoms with van der Waals surface area (Å²) >= 11 is 8.60. The number of hydrogen-bond acceptors (Lipinski definition) is 11. The summed E-state index contributed by atoms with van der Waals surface area (Å²) in [6.07, 6.45) is -4.55. The van der Waals surface area contributed by atoms with Crippen LogP contribution in [0, 0.1) is 0 Å². The Bertz CT molecular complexity index is 930. The predicted molar refractivity (Wildman–Crippen MR) is 123 cm³/mol. The molecule has 1 saturated heterocycles. The van der Waals surface area contributed by atoms with E-state index >= 15 is 0 Å². The number of nitrogens with zero attached hydrogens (tertiary/aromatic N) is 1. The van der Waals surface area contributed by atoms with Gasteiger partial charge in [0, 0.05) is 38.4 Å². The molecule has 1 aromatic heterocycles. The van der Waals surface area contributed by atoms with Crippen molar-refractivity contribution in [2.24, 2.45) is 0 Å². The standard InChI is InChI=1S/C20H24BrN3O9S/c1-9(25)29-8-14-16(30-10(2)26)17(31-11(3)27)18(32-12(4)28)19(33-14)24-20(34)23-15-6-5-13(21)7-22-15/h5-7,14,16-19H,8H2,1-4H3,(H2,22,23,24,34)/t14-,16+,17-,18+,19+/m0/s1. The van der Waals surface area contributed by atoms with E-state index in [1.54, 1.807) is 18.3 Å². The largest absolute Gasteiger partial charge is 0.463 e. The SMILES string of the molecule is CC(=O)OC[C@@H]1O[C@@H](NC(=S)Nc2ccc(Br)cn2)[C@H](OC(C)=O)[C@@H](OC(C)=O)[C@@H]1OC(C)=O. The number of esters is 4. The van der Waals surface area contributed by atoms with E-state index in [0.717, 1.165) is 25.2 Å². The molecule has 0 spiro atoms. The average molecular weight is 562 g/mol. The number of pyridine rings is 1. The molecule has 34 heavy (non-hydrogen) atoms. The topological polar surface area (TPSA) is 151 Å². The van der Waals surface area contributed by atoms with Crippen molar-refractivity contribution in [2.45, 2.75) is 58.3 Å². The minimum absolute atomic E-state index is 0.0377. The molecule has 0 aromatic carbocycles. The Balaban J connectivity index is 2.35. The minimum atomic E-state index is -1.30. The maximum Gasteiger partial charge on any atom is 0.303 e. The maximum absolute atomic E-state index is 11.8. The van der Waals surface area contributed by atoms with Crippen LogP contribution in [0.3, 0.4) is 0 Å². The lowest BCUT2D eigenvalue weighted by Gasteiger charge is -2.44. The van der Waals surface area contributed by atoms with Crippen molar-refractivity contribution in [2.75, 3.05) is 11.9 Å². The van der Waals surface area contributed by atoms with Crippen molar-refractivity contribution in [1.82, 2.24) is 10.3 Å². The van der Waals surface area contributed by atoms with Gasteiger partial charge in [0.2, 0.25) is 0 Å². The highest BCUT2D eigenvalue weighted by Gasteiger charge is 2.52. The van der Waals surface area contributed by atoms with Crippen LogP contribution >= 0.6 is 28.1 Å². The minimum Gasteiger partial charge on any atom is -0.463 e. The summed E-state index contributed by atoms with van der Waals surface area (Å²) in [7, 11) is 0. The summed E-state index contributed by atoms with van der Waals surface area (Å²) in [5.74, 6) is -2.37. The van der Waals surface area contributed by atoms with Crippen LogP contribution in [0.2, 0.25) is 0 Å². The Kier molecular flexibility index (Phi) is 10.1. The van der Waals surface area contributed by atoms with Gasteiger partial charge in [0.1, 0.15) is 18.5 Å². The zero-order valence-electron chi connectivity index (χ0n) is 18.7. The molecule has 2 N–H and O–H groups in total. The number of rotatable bonds is 7. The fraction of sp³-hybridized carbons (Fsp3) is 0.500. The second-order valence-corrected chi connectivity index (χ2v) is 8.40. The first kappa shape index (κ1) is 27.4. The summed E-state index contributed by atoms with van der Waals surface area (Å²) in [6, 6.07) is 3.40. The lowest BCUT2D eigenvalue weighted by molar-refractivity contribution is -0.254. The summed E-state index contributed by atoms with van der Waals surface area (Å²) in [6.45, 7) is 4.28. The van der Waals surface area contributed by atoms with Crippen molar-refractivity contribution in [1.29, 1.82) is 0 Å². The van der Waals surface area contributed by atoms with E-state index in [4.69, 9.17) is 35.9 Å². The van der Waals surface area contributed by atoms with Crippen molar-refractivity contribution < 1.29 is 42.9 Å². The molecule has 14 heteroatoms. The third kappa shape index (κ3) is 8.50. The van der Waals surface area contributed by atoms with Gasteiger partial charge in [-0.2, -0.15) is 0 Å². The van der Waals surface area contributed by atoms with Gasteiger partial charge in [-0.25, -0.2) is 4.98 Å². The molecule has 5 atom stereocenters. The molecule has 12 nitrogen and oxygen atoms in total. The molecule has 2 heterocycles. The van der Waals surface area contributed by atoms with Gasteiger partial charge in [-0.15, -0.1) is 0 Å². The summed E-state index contributed by atoms with van der Waals surface area (Å²) < 4.78 is 27.7. The van der Waals surface area contributed by atoms with Crippen molar-refractivity contribution in [3.8, 4) is 0 Å². The molecule has 0 saturated carbocycles. The summed E-state index contributed by atoms with van der Waals surface area (Å²) in [4.78, 5) is 51.0. The Morgan fingerprint density at radius 1 is 0.971 bits per heavy atom. The average Bonchev–Trinajstić information content (AvgIpc) is 2.71. The molecule has 1 fully saturated rings. The first-order chi connectivity index (χ1) is 16.0. The van der Waals surface area contributed by atoms with Gasteiger partial charge in [-0.3, -0.25) is 19.2 Å². The van der Waals surface area contributed by atoms with Gasteiger partial charge in [0.15, 0.2) is 29.7 Å². The second-order valence-electron chi connectivity index (χ2n) is 7.08. The molecule has 1 aliphatic heterocycles. The molecule has 0 radical (unpaired) electrons. The zero-order valence-corrected chi connectivity index (χ0v) is 21.1. The Morgan fingerprint density at radius 2 is 1.56 bits per heavy atom. The molecule has 0 bridgehead atoms. The van der Waals surface area contributed by atoms with Gasteiger partial charge < -0.3 is 34.3 Å². The highest BCUT2D eigenvalue weighted by molar-refractivity contribution is 9.10. The number of carbonyl (C=O) groups is 4. The fourth-order valence-electron chi connectivity index (χ4n) is 3.08. The monoisotopic (exact) mass is 561 g/mol. The molecular weight excluding hydrogens is 538 g/mol. The molecule has 1 aliphatic rings. The van der Waals surface area contributed by atoms with E-state index in [9.17, 15) is 19.2 Å². The van der Waals surface area contributed by atoms with E-state index < -0.39 is 54.5 Å². The lowest BCUT2D eigenvalue weighted by atomic mass is 9.97. The van der Waals surface area contributed by atoms with Gasteiger partial charge in [-0.1, -0.05) is 0 Å². The zero-order chi connectivity index (χ0) is 25.4. The number of carbonyl (C=O) groups excluding carboxylic acids is 4. The van der Waals surface area contributed by atoms with Crippen LogP contribution < -0.4 is 10.6 Å². The van der Waals surface area contributed by atoms with E-state index in [0.29, 0.717) is 5.82 Å². The van der Waals surface area contributed by atoms with Gasteiger partial charge in [0.05, 0.1) is 0 Å². The highest BCUT2D eigenvalue weighted by Crippen LogP contribution is 2.28. The molecule has 0 unspecified atom stereocenters. The van der Waals surface area contributed by atoms with Crippen LogP contribution in [0.15, 0.2) is 22.8 Å². The van der Waals surface area contributed by atoms with Crippen molar-refractivity contribution >= 4 is 63.0 Å². The Morgan fingerprint density at radius 3 is 2.09 bits per heavy atom. The number of hydrogen-bond donors (Lipinski definition) is 2.